The Morgan fingerprint density at radius 2 is 2.00 bits per heavy atom. The van der Waals surface area contributed by atoms with Gasteiger partial charge >= 0.3 is 0 Å². The van der Waals surface area contributed by atoms with Gasteiger partial charge in [-0.1, -0.05) is 43.1 Å². The average Bonchev–Trinajstić information content (AvgIpc) is 2.51. The summed E-state index contributed by atoms with van der Waals surface area (Å²) in [4.78, 5) is 20.7. The number of hydrogen-bond donors (Lipinski definition) is 2. The molecule has 0 aliphatic rings. The maximum Gasteiger partial charge on any atom is 0.270 e. The number of nitrogens with zero attached hydrogens (tertiary/aromatic N) is 2. The Bertz CT molecular complexity index is 735. The van der Waals surface area contributed by atoms with Crippen molar-refractivity contribution in [2.45, 2.75) is 27.2 Å². The van der Waals surface area contributed by atoms with Crippen molar-refractivity contribution in [1.82, 2.24) is 15.3 Å². The molecule has 1 heterocycles. The summed E-state index contributed by atoms with van der Waals surface area (Å²) < 4.78 is 0. The molecule has 0 spiro atoms. The Morgan fingerprint density at radius 1 is 1.25 bits per heavy atom. The molecule has 0 aliphatic heterocycles. The molecule has 0 saturated carbocycles. The summed E-state index contributed by atoms with van der Waals surface area (Å²) in [7, 11) is 0. The molecule has 1 aromatic heterocycles. The van der Waals surface area contributed by atoms with Crippen LogP contribution in [-0.4, -0.2) is 22.4 Å². The second kappa shape index (κ2) is 8.31. The lowest BCUT2D eigenvalue weighted by molar-refractivity contribution is 0.0946. The van der Waals surface area contributed by atoms with Gasteiger partial charge in [0.25, 0.3) is 5.91 Å². The van der Waals surface area contributed by atoms with Crippen molar-refractivity contribution >= 4 is 40.6 Å². The van der Waals surface area contributed by atoms with Crippen LogP contribution in [0.15, 0.2) is 24.3 Å². The van der Waals surface area contributed by atoms with Crippen LogP contribution in [0.2, 0.25) is 10.0 Å². The Kier molecular flexibility index (Phi) is 6.40. The van der Waals surface area contributed by atoms with E-state index < -0.39 is 0 Å². The molecule has 0 saturated heterocycles. The molecular formula is C17H20Cl2N4O. The minimum absolute atomic E-state index is 0.221. The number of halogens is 2. The molecule has 2 aromatic rings. The summed E-state index contributed by atoms with van der Waals surface area (Å²) in [6.45, 7) is 6.56. The molecule has 7 heteroatoms. The molecule has 0 aliphatic carbocycles. The third-order valence-electron chi connectivity index (χ3n) is 3.29. The number of benzene rings is 1. The van der Waals surface area contributed by atoms with Crippen molar-refractivity contribution in [2.24, 2.45) is 5.92 Å². The second-order valence-corrected chi connectivity index (χ2v) is 6.64. The summed E-state index contributed by atoms with van der Waals surface area (Å²) in [5.41, 5.74) is 0.931. The van der Waals surface area contributed by atoms with E-state index in [1.54, 1.807) is 31.2 Å². The van der Waals surface area contributed by atoms with E-state index in [0.717, 1.165) is 6.42 Å². The third kappa shape index (κ3) is 5.08. The zero-order valence-electron chi connectivity index (χ0n) is 13.9. The van der Waals surface area contributed by atoms with Gasteiger partial charge in [0, 0.05) is 12.6 Å². The molecule has 2 rings (SSSR count). The largest absolute Gasteiger partial charge is 0.351 e. The SMILES string of the molecule is Cc1nc(Nc2cccc(Cl)c2Cl)cc(C(=O)NCCC(C)C)n1. The number of nitrogens with one attached hydrogen (secondary N) is 2. The molecule has 24 heavy (non-hydrogen) atoms. The lowest BCUT2D eigenvalue weighted by atomic mass is 10.1. The van der Waals surface area contributed by atoms with Gasteiger partial charge in [-0.15, -0.1) is 0 Å². The number of aromatic nitrogens is 2. The van der Waals surface area contributed by atoms with Crippen LogP contribution in [-0.2, 0) is 0 Å². The van der Waals surface area contributed by atoms with Crippen LogP contribution < -0.4 is 10.6 Å². The highest BCUT2D eigenvalue weighted by atomic mass is 35.5. The topological polar surface area (TPSA) is 66.9 Å². The monoisotopic (exact) mass is 366 g/mol. The van der Waals surface area contributed by atoms with Gasteiger partial charge in [0.05, 0.1) is 15.7 Å². The predicted molar refractivity (Wildman–Crippen MR) is 98.3 cm³/mol. The van der Waals surface area contributed by atoms with Crippen molar-refractivity contribution in [3.05, 3.63) is 45.8 Å². The van der Waals surface area contributed by atoms with Crippen LogP contribution in [0.5, 0.6) is 0 Å². The van der Waals surface area contributed by atoms with E-state index in [2.05, 4.69) is 34.4 Å². The number of rotatable bonds is 6. The van der Waals surface area contributed by atoms with Crippen LogP contribution in [0.4, 0.5) is 11.5 Å². The number of carbonyl (C=O) groups is 1. The molecule has 1 aromatic carbocycles. The summed E-state index contributed by atoms with van der Waals surface area (Å²) >= 11 is 12.2. The lowest BCUT2D eigenvalue weighted by Gasteiger charge is -2.11. The lowest BCUT2D eigenvalue weighted by Crippen LogP contribution is -2.26. The summed E-state index contributed by atoms with van der Waals surface area (Å²) in [5, 5.41) is 6.79. The fourth-order valence-corrected chi connectivity index (χ4v) is 2.40. The number of carbonyl (C=O) groups excluding carboxylic acids is 1. The van der Waals surface area contributed by atoms with Crippen LogP contribution in [0.1, 0.15) is 36.6 Å². The van der Waals surface area contributed by atoms with Crippen molar-refractivity contribution in [1.29, 1.82) is 0 Å². The van der Waals surface area contributed by atoms with Crippen molar-refractivity contribution in [3.63, 3.8) is 0 Å². The van der Waals surface area contributed by atoms with Crippen LogP contribution in [0.3, 0.4) is 0 Å². The van der Waals surface area contributed by atoms with E-state index >= 15 is 0 Å². The summed E-state index contributed by atoms with van der Waals surface area (Å²) in [6, 6.07) is 6.86. The van der Waals surface area contributed by atoms with E-state index in [-0.39, 0.29) is 5.91 Å². The molecule has 0 fully saturated rings. The Morgan fingerprint density at radius 3 is 2.71 bits per heavy atom. The zero-order valence-corrected chi connectivity index (χ0v) is 15.4. The van der Waals surface area contributed by atoms with E-state index in [9.17, 15) is 4.79 Å². The number of amides is 1. The van der Waals surface area contributed by atoms with Gasteiger partial charge < -0.3 is 10.6 Å². The van der Waals surface area contributed by atoms with Crippen molar-refractivity contribution in [2.75, 3.05) is 11.9 Å². The zero-order chi connectivity index (χ0) is 17.7. The molecule has 5 nitrogen and oxygen atoms in total. The molecule has 2 N–H and O–H groups in total. The second-order valence-electron chi connectivity index (χ2n) is 5.85. The molecule has 128 valence electrons. The first-order valence-electron chi connectivity index (χ1n) is 7.71. The van der Waals surface area contributed by atoms with E-state index in [0.29, 0.717) is 45.5 Å². The predicted octanol–water partition coefficient (Wildman–Crippen LogP) is 4.61. The molecule has 0 bridgehead atoms. The molecule has 1 amide bonds. The van der Waals surface area contributed by atoms with Crippen LogP contribution in [0.25, 0.3) is 0 Å². The van der Waals surface area contributed by atoms with Crippen LogP contribution in [0, 0.1) is 12.8 Å². The van der Waals surface area contributed by atoms with Gasteiger partial charge in [-0.05, 0) is 31.4 Å². The minimum atomic E-state index is -0.221. The van der Waals surface area contributed by atoms with Crippen molar-refractivity contribution < 1.29 is 4.79 Å². The van der Waals surface area contributed by atoms with Crippen LogP contribution >= 0.6 is 23.2 Å². The Labute approximate surface area is 151 Å². The first-order valence-corrected chi connectivity index (χ1v) is 8.47. The first kappa shape index (κ1) is 18.5. The minimum Gasteiger partial charge on any atom is -0.351 e. The fraction of sp³-hybridized carbons (Fsp3) is 0.353. The number of hydrogen-bond acceptors (Lipinski definition) is 4. The van der Waals surface area contributed by atoms with E-state index in [4.69, 9.17) is 23.2 Å². The van der Waals surface area contributed by atoms with Gasteiger partial charge in [-0.2, -0.15) is 0 Å². The normalized spacial score (nSPS) is 10.8. The molecule has 0 unspecified atom stereocenters. The van der Waals surface area contributed by atoms with Gasteiger partial charge in [0.2, 0.25) is 0 Å². The maximum absolute atomic E-state index is 12.2. The van der Waals surface area contributed by atoms with Gasteiger partial charge in [-0.25, -0.2) is 9.97 Å². The van der Waals surface area contributed by atoms with E-state index in [1.807, 2.05) is 0 Å². The number of anilines is 2. The Hall–Kier alpha value is -1.85. The smallest absolute Gasteiger partial charge is 0.270 e. The first-order chi connectivity index (χ1) is 11.4. The highest BCUT2D eigenvalue weighted by Crippen LogP contribution is 2.31. The highest BCUT2D eigenvalue weighted by molar-refractivity contribution is 6.43. The Balaban J connectivity index is 2.16. The van der Waals surface area contributed by atoms with Crippen molar-refractivity contribution in [3.8, 4) is 0 Å². The molecular weight excluding hydrogens is 347 g/mol. The molecule has 0 radical (unpaired) electrons. The molecule has 0 atom stereocenters. The van der Waals surface area contributed by atoms with Gasteiger partial charge in [-0.3, -0.25) is 4.79 Å². The van der Waals surface area contributed by atoms with Gasteiger partial charge in [0.15, 0.2) is 0 Å². The fourth-order valence-electron chi connectivity index (χ4n) is 2.05. The third-order valence-corrected chi connectivity index (χ3v) is 4.11. The summed E-state index contributed by atoms with van der Waals surface area (Å²) in [5.74, 6) is 1.29. The van der Waals surface area contributed by atoms with E-state index in [1.165, 1.54) is 0 Å². The number of aryl methyl sites for hydroxylation is 1. The highest BCUT2D eigenvalue weighted by Gasteiger charge is 2.12. The summed E-state index contributed by atoms with van der Waals surface area (Å²) in [6.07, 6.45) is 0.916. The quantitative estimate of drug-likeness (QED) is 0.782. The average molecular weight is 367 g/mol. The van der Waals surface area contributed by atoms with Gasteiger partial charge in [0.1, 0.15) is 17.3 Å². The maximum atomic E-state index is 12.2. The standard InChI is InChI=1S/C17H20Cl2N4O/c1-10(2)7-8-20-17(24)14-9-15(22-11(3)21-14)23-13-6-4-5-12(18)16(13)19/h4-6,9-10H,7-8H2,1-3H3,(H,20,24)(H,21,22,23).